The summed E-state index contributed by atoms with van der Waals surface area (Å²) >= 11 is 0. The van der Waals surface area contributed by atoms with E-state index in [-0.39, 0.29) is 12.2 Å². The molecular weight excluding hydrogens is 430 g/mol. The van der Waals surface area contributed by atoms with Crippen LogP contribution in [0.3, 0.4) is 0 Å². The molecule has 0 unspecified atom stereocenters. The molecule has 6 heteroatoms. The molecule has 1 aliphatic carbocycles. The third kappa shape index (κ3) is 6.86. The van der Waals surface area contributed by atoms with Crippen LogP contribution in [0, 0.1) is 18.7 Å². The first-order chi connectivity index (χ1) is 16.1. The predicted octanol–water partition coefficient (Wildman–Crippen LogP) is 7.56. The van der Waals surface area contributed by atoms with Crippen LogP contribution >= 0.6 is 0 Å². The summed E-state index contributed by atoms with van der Waals surface area (Å²) in [4.78, 5) is 8.64. The van der Waals surface area contributed by atoms with Crippen LogP contribution < -0.4 is 10.6 Å². The molecule has 1 heterocycles. The zero-order valence-electron chi connectivity index (χ0n) is 20.5. The molecule has 1 fully saturated rings. The lowest BCUT2D eigenvalue weighted by molar-refractivity contribution is 0.207. The van der Waals surface area contributed by atoms with E-state index in [1.807, 2.05) is 38.1 Å². The molecule has 0 atom stereocenters. The van der Waals surface area contributed by atoms with Crippen molar-refractivity contribution in [2.24, 2.45) is 10.9 Å². The van der Waals surface area contributed by atoms with Crippen LogP contribution in [0.15, 0.2) is 59.9 Å². The second kappa shape index (κ2) is 10.8. The molecule has 0 bridgehead atoms. The van der Waals surface area contributed by atoms with Crippen molar-refractivity contribution in [3.05, 3.63) is 77.4 Å². The Morgan fingerprint density at radius 2 is 2.03 bits per heavy atom. The average Bonchev–Trinajstić information content (AvgIpc) is 3.62. The topological polar surface area (TPSA) is 49.3 Å². The van der Waals surface area contributed by atoms with Gasteiger partial charge in [-0.3, -0.25) is 4.99 Å². The summed E-state index contributed by atoms with van der Waals surface area (Å²) < 4.78 is 28.4. The number of nitrogens with one attached hydrogen (secondary N) is 2. The highest BCUT2D eigenvalue weighted by Gasteiger charge is 2.24. The second-order valence-electron chi connectivity index (χ2n) is 9.33. The zero-order valence-corrected chi connectivity index (χ0v) is 20.5. The van der Waals surface area contributed by atoms with Gasteiger partial charge in [-0.1, -0.05) is 12.7 Å². The number of aromatic nitrogens is 1. The molecule has 0 saturated heterocycles. The Kier molecular flexibility index (Phi) is 8.02. The van der Waals surface area contributed by atoms with E-state index < -0.39 is 5.67 Å². The van der Waals surface area contributed by atoms with Gasteiger partial charge in [0.05, 0.1) is 11.4 Å². The van der Waals surface area contributed by atoms with Crippen molar-refractivity contribution in [1.82, 2.24) is 4.98 Å². The minimum atomic E-state index is -1.32. The molecule has 0 radical (unpaired) electrons. The SMILES string of the molecule is C=N/C(=C\C(=C/C)c1cc(NCCC(C)(C)F)c(F)cc1C)c1ccnc(NC(=C)C2CC2)c1. The normalized spacial score (nSPS) is 14.6. The molecule has 4 nitrogen and oxygen atoms in total. The van der Waals surface area contributed by atoms with Crippen LogP contribution in [0.2, 0.25) is 0 Å². The van der Waals surface area contributed by atoms with Gasteiger partial charge in [-0.2, -0.15) is 0 Å². The number of aryl methyl sites for hydroxylation is 1. The van der Waals surface area contributed by atoms with Crippen molar-refractivity contribution in [1.29, 1.82) is 0 Å². The molecule has 0 spiro atoms. The number of aliphatic imine (C=N–C) groups is 1. The highest BCUT2D eigenvalue weighted by molar-refractivity contribution is 5.86. The minimum Gasteiger partial charge on any atom is -0.383 e. The highest BCUT2D eigenvalue weighted by Crippen LogP contribution is 2.36. The van der Waals surface area contributed by atoms with Crippen molar-refractivity contribution in [2.45, 2.75) is 52.6 Å². The van der Waals surface area contributed by atoms with Crippen molar-refractivity contribution < 1.29 is 8.78 Å². The van der Waals surface area contributed by atoms with Crippen LogP contribution in [-0.4, -0.2) is 23.9 Å². The van der Waals surface area contributed by atoms with Crippen molar-refractivity contribution >= 4 is 29.5 Å². The molecule has 2 N–H and O–H groups in total. The number of allylic oxidation sites excluding steroid dienone is 4. The smallest absolute Gasteiger partial charge is 0.146 e. The van der Waals surface area contributed by atoms with Gasteiger partial charge < -0.3 is 10.6 Å². The number of hydrogen-bond donors (Lipinski definition) is 2. The van der Waals surface area contributed by atoms with Crippen molar-refractivity contribution in [2.75, 3.05) is 17.2 Å². The number of alkyl halides is 1. The Bertz CT molecular complexity index is 1120. The Morgan fingerprint density at radius 3 is 2.65 bits per heavy atom. The van der Waals surface area contributed by atoms with Crippen LogP contribution in [0.25, 0.3) is 11.3 Å². The van der Waals surface area contributed by atoms with Crippen LogP contribution in [-0.2, 0) is 0 Å². The number of halogens is 2. The van der Waals surface area contributed by atoms with Crippen molar-refractivity contribution in [3.8, 4) is 0 Å². The number of anilines is 2. The number of benzene rings is 1. The van der Waals surface area contributed by atoms with E-state index >= 15 is 0 Å². The Hall–Kier alpha value is -3.28. The lowest BCUT2D eigenvalue weighted by Crippen LogP contribution is -2.18. The first kappa shape index (κ1) is 25.3. The molecule has 180 valence electrons. The van der Waals surface area contributed by atoms with Gasteiger partial charge >= 0.3 is 0 Å². The van der Waals surface area contributed by atoms with E-state index in [1.165, 1.54) is 19.9 Å². The third-order valence-corrected chi connectivity index (χ3v) is 5.85. The number of pyridine rings is 1. The monoisotopic (exact) mass is 464 g/mol. The van der Waals surface area contributed by atoms with E-state index in [0.717, 1.165) is 40.8 Å². The molecule has 0 aliphatic heterocycles. The Morgan fingerprint density at radius 1 is 1.29 bits per heavy atom. The number of nitrogens with zero attached hydrogens (tertiary/aromatic N) is 2. The summed E-state index contributed by atoms with van der Waals surface area (Å²) in [6.07, 6.45) is 8.21. The summed E-state index contributed by atoms with van der Waals surface area (Å²) in [7, 11) is 0. The molecular formula is C28H34F2N4. The van der Waals surface area contributed by atoms with Gasteiger partial charge in [0.2, 0.25) is 0 Å². The summed E-state index contributed by atoms with van der Waals surface area (Å²) in [5.41, 5.74) is 4.08. The van der Waals surface area contributed by atoms with Crippen LogP contribution in [0.4, 0.5) is 20.3 Å². The number of hydrogen-bond acceptors (Lipinski definition) is 4. The fourth-order valence-electron chi connectivity index (χ4n) is 3.65. The molecule has 3 rings (SSSR count). The average molecular weight is 465 g/mol. The maximum absolute atomic E-state index is 14.6. The molecule has 34 heavy (non-hydrogen) atoms. The fraction of sp³-hybridized carbons (Fsp3) is 0.357. The quantitative estimate of drug-likeness (QED) is 0.266. The van der Waals surface area contributed by atoms with E-state index in [0.29, 0.717) is 29.7 Å². The largest absolute Gasteiger partial charge is 0.383 e. The summed E-state index contributed by atoms with van der Waals surface area (Å²) in [6, 6.07) is 7.06. The van der Waals surface area contributed by atoms with E-state index in [9.17, 15) is 8.78 Å². The maximum Gasteiger partial charge on any atom is 0.146 e. The Balaban J connectivity index is 1.87. The molecule has 2 aromatic rings. The lowest BCUT2D eigenvalue weighted by atomic mass is 9.97. The molecule has 0 amide bonds. The van der Waals surface area contributed by atoms with Gasteiger partial charge in [0.25, 0.3) is 0 Å². The molecule has 1 saturated carbocycles. The molecule has 1 aromatic heterocycles. The van der Waals surface area contributed by atoms with E-state index in [2.05, 4.69) is 33.9 Å². The summed E-state index contributed by atoms with van der Waals surface area (Å²) in [5.74, 6) is 0.874. The zero-order chi connectivity index (χ0) is 24.9. The maximum atomic E-state index is 14.6. The Labute approximate surface area is 201 Å². The first-order valence-corrected chi connectivity index (χ1v) is 11.6. The van der Waals surface area contributed by atoms with Gasteiger partial charge in [-0.25, -0.2) is 13.8 Å². The highest BCUT2D eigenvalue weighted by atomic mass is 19.1. The summed E-state index contributed by atoms with van der Waals surface area (Å²) in [6.45, 7) is 15.0. The molecule has 1 aromatic carbocycles. The van der Waals surface area contributed by atoms with Gasteiger partial charge in [0.1, 0.15) is 17.3 Å². The third-order valence-electron chi connectivity index (χ3n) is 5.85. The van der Waals surface area contributed by atoms with Crippen LogP contribution in [0.5, 0.6) is 0 Å². The number of rotatable bonds is 11. The van der Waals surface area contributed by atoms with E-state index in [1.54, 1.807) is 12.3 Å². The van der Waals surface area contributed by atoms with Gasteiger partial charge in [-0.05, 0) is 107 Å². The second-order valence-corrected chi connectivity index (χ2v) is 9.33. The van der Waals surface area contributed by atoms with E-state index in [4.69, 9.17) is 0 Å². The van der Waals surface area contributed by atoms with Gasteiger partial charge in [0.15, 0.2) is 0 Å². The molecule has 1 aliphatic rings. The summed E-state index contributed by atoms with van der Waals surface area (Å²) in [5, 5.41) is 6.32. The standard InChI is InChI=1S/C28H34F2N4/c1-7-20(23-17-26(24(29)14-18(23)2)32-13-11-28(4,5)30)15-25(31-6)22-10-12-33-27(16-22)34-19(3)21-8-9-21/h7,10,12,14-17,21,32H,3,6,8-9,11,13H2,1-2,4-5H3,(H,33,34)/b20-7+,25-15-. The van der Waals surface area contributed by atoms with Gasteiger partial charge in [0, 0.05) is 24.0 Å². The fourth-order valence-corrected chi connectivity index (χ4v) is 3.65. The van der Waals surface area contributed by atoms with Gasteiger partial charge in [-0.15, -0.1) is 0 Å². The minimum absolute atomic E-state index is 0.280. The predicted molar refractivity (Wildman–Crippen MR) is 140 cm³/mol. The lowest BCUT2D eigenvalue weighted by Gasteiger charge is -2.17. The van der Waals surface area contributed by atoms with Crippen molar-refractivity contribution in [3.63, 3.8) is 0 Å². The first-order valence-electron chi connectivity index (χ1n) is 11.6. The van der Waals surface area contributed by atoms with Crippen LogP contribution in [0.1, 0.15) is 56.7 Å².